The Labute approximate surface area is 170 Å². The van der Waals surface area contributed by atoms with Gasteiger partial charge in [-0.05, 0) is 67.8 Å². The smallest absolute Gasteiger partial charge is 0.228 e. The monoisotopic (exact) mass is 390 g/mol. The van der Waals surface area contributed by atoms with Crippen molar-refractivity contribution in [2.45, 2.75) is 19.3 Å². The molecule has 0 radical (unpaired) electrons. The number of amides is 1. The van der Waals surface area contributed by atoms with Crippen molar-refractivity contribution in [3.63, 3.8) is 0 Å². The van der Waals surface area contributed by atoms with Crippen LogP contribution in [-0.2, 0) is 11.2 Å². The standard InChI is InChI=1S/C23H26N4O2/c28-22-9-7-18(8-10-22)11-15-26-13-2-4-19(17-26)23(29)25-20-5-1-6-21(16-20)27-14-3-12-24-27/h1,3,5-10,12,14,16,19,28H,2,4,11,13,15,17H2,(H,25,29)/t19-/m1/s1. The molecule has 0 bridgehead atoms. The van der Waals surface area contributed by atoms with E-state index in [0.29, 0.717) is 5.75 Å². The van der Waals surface area contributed by atoms with E-state index >= 15 is 0 Å². The van der Waals surface area contributed by atoms with Crippen LogP contribution in [-0.4, -0.2) is 45.3 Å². The summed E-state index contributed by atoms with van der Waals surface area (Å²) in [6.45, 7) is 2.72. The lowest BCUT2D eigenvalue weighted by atomic mass is 9.96. The van der Waals surface area contributed by atoms with Gasteiger partial charge in [0, 0.05) is 31.2 Å². The molecule has 2 aromatic carbocycles. The van der Waals surface area contributed by atoms with Gasteiger partial charge in [0.15, 0.2) is 0 Å². The Hall–Kier alpha value is -3.12. The van der Waals surface area contributed by atoms with Gasteiger partial charge in [-0.3, -0.25) is 4.79 Å². The molecule has 0 spiro atoms. The van der Waals surface area contributed by atoms with Crippen molar-refractivity contribution in [3.05, 3.63) is 72.6 Å². The minimum Gasteiger partial charge on any atom is -0.508 e. The van der Waals surface area contributed by atoms with Gasteiger partial charge in [-0.15, -0.1) is 0 Å². The first-order valence-electron chi connectivity index (χ1n) is 10.1. The quantitative estimate of drug-likeness (QED) is 0.676. The molecule has 0 unspecified atom stereocenters. The number of nitrogens with one attached hydrogen (secondary N) is 1. The normalized spacial score (nSPS) is 17.2. The molecule has 2 heterocycles. The average Bonchev–Trinajstić information content (AvgIpc) is 3.29. The molecule has 4 rings (SSSR count). The van der Waals surface area contributed by atoms with Crippen molar-refractivity contribution in [1.29, 1.82) is 0 Å². The van der Waals surface area contributed by atoms with Crippen molar-refractivity contribution in [2.75, 3.05) is 25.0 Å². The van der Waals surface area contributed by atoms with Crippen LogP contribution in [0, 0.1) is 5.92 Å². The molecule has 1 aromatic heterocycles. The highest BCUT2D eigenvalue weighted by molar-refractivity contribution is 5.93. The average molecular weight is 390 g/mol. The summed E-state index contributed by atoms with van der Waals surface area (Å²) in [5.41, 5.74) is 2.92. The number of hydrogen-bond acceptors (Lipinski definition) is 4. The Bertz CT molecular complexity index is 938. The lowest BCUT2D eigenvalue weighted by molar-refractivity contribution is -0.121. The zero-order valence-electron chi connectivity index (χ0n) is 16.4. The number of aromatic hydroxyl groups is 1. The molecule has 1 fully saturated rings. The molecule has 3 aromatic rings. The summed E-state index contributed by atoms with van der Waals surface area (Å²) in [6, 6.07) is 17.0. The Morgan fingerprint density at radius 2 is 2.03 bits per heavy atom. The van der Waals surface area contributed by atoms with Crippen LogP contribution in [0.2, 0.25) is 0 Å². The van der Waals surface area contributed by atoms with E-state index in [4.69, 9.17) is 0 Å². The number of piperidine rings is 1. The second-order valence-corrected chi connectivity index (χ2v) is 7.55. The zero-order chi connectivity index (χ0) is 20.1. The van der Waals surface area contributed by atoms with Crippen LogP contribution in [0.1, 0.15) is 18.4 Å². The number of phenolic OH excluding ortho intramolecular Hbond substituents is 1. The second kappa shape index (κ2) is 8.92. The van der Waals surface area contributed by atoms with Gasteiger partial charge in [0.25, 0.3) is 0 Å². The summed E-state index contributed by atoms with van der Waals surface area (Å²) < 4.78 is 1.78. The fourth-order valence-corrected chi connectivity index (χ4v) is 3.81. The molecular weight excluding hydrogens is 364 g/mol. The summed E-state index contributed by atoms with van der Waals surface area (Å²) in [5.74, 6) is 0.369. The van der Waals surface area contributed by atoms with Crippen molar-refractivity contribution in [1.82, 2.24) is 14.7 Å². The lowest BCUT2D eigenvalue weighted by Crippen LogP contribution is -2.41. The molecular formula is C23H26N4O2. The number of rotatable bonds is 6. The highest BCUT2D eigenvalue weighted by atomic mass is 16.3. The van der Waals surface area contributed by atoms with Crippen molar-refractivity contribution in [3.8, 4) is 11.4 Å². The highest BCUT2D eigenvalue weighted by Gasteiger charge is 2.25. The van der Waals surface area contributed by atoms with Gasteiger partial charge in [0.1, 0.15) is 5.75 Å². The highest BCUT2D eigenvalue weighted by Crippen LogP contribution is 2.21. The van der Waals surface area contributed by atoms with Crippen LogP contribution in [0.3, 0.4) is 0 Å². The van der Waals surface area contributed by atoms with Crippen molar-refractivity contribution < 1.29 is 9.90 Å². The maximum atomic E-state index is 12.8. The Balaban J connectivity index is 1.33. The molecule has 0 saturated carbocycles. The largest absolute Gasteiger partial charge is 0.508 e. The van der Waals surface area contributed by atoms with Crippen LogP contribution in [0.5, 0.6) is 5.75 Å². The number of aromatic nitrogens is 2. The van der Waals surface area contributed by atoms with E-state index in [1.807, 2.05) is 48.7 Å². The molecule has 1 atom stereocenters. The molecule has 0 aliphatic carbocycles. The van der Waals surface area contributed by atoms with Crippen LogP contribution in [0.4, 0.5) is 5.69 Å². The number of phenols is 1. The van der Waals surface area contributed by atoms with E-state index in [-0.39, 0.29) is 11.8 Å². The molecule has 1 aliphatic rings. The lowest BCUT2D eigenvalue weighted by Gasteiger charge is -2.32. The van der Waals surface area contributed by atoms with Gasteiger partial charge < -0.3 is 15.3 Å². The van der Waals surface area contributed by atoms with Crippen LogP contribution in [0.25, 0.3) is 5.69 Å². The number of anilines is 1. The summed E-state index contributed by atoms with van der Waals surface area (Å²) in [6.07, 6.45) is 6.48. The van der Waals surface area contributed by atoms with Gasteiger partial charge >= 0.3 is 0 Å². The first kappa shape index (κ1) is 19.2. The zero-order valence-corrected chi connectivity index (χ0v) is 16.4. The molecule has 1 aliphatic heterocycles. The summed E-state index contributed by atoms with van der Waals surface area (Å²) >= 11 is 0. The third-order valence-electron chi connectivity index (χ3n) is 5.41. The van der Waals surface area contributed by atoms with E-state index in [0.717, 1.165) is 50.3 Å². The van der Waals surface area contributed by atoms with Crippen LogP contribution < -0.4 is 5.32 Å². The molecule has 6 heteroatoms. The fraction of sp³-hybridized carbons (Fsp3) is 0.304. The summed E-state index contributed by atoms with van der Waals surface area (Å²) in [4.78, 5) is 15.2. The third-order valence-corrected chi connectivity index (χ3v) is 5.41. The number of benzene rings is 2. The molecule has 1 saturated heterocycles. The fourth-order valence-electron chi connectivity index (χ4n) is 3.81. The number of carbonyl (C=O) groups is 1. The van der Waals surface area contributed by atoms with Gasteiger partial charge in [-0.2, -0.15) is 5.10 Å². The van der Waals surface area contributed by atoms with Gasteiger partial charge in [0.05, 0.1) is 11.6 Å². The molecule has 2 N–H and O–H groups in total. The molecule has 6 nitrogen and oxygen atoms in total. The van der Waals surface area contributed by atoms with Crippen molar-refractivity contribution in [2.24, 2.45) is 5.92 Å². The number of carbonyl (C=O) groups excluding carboxylic acids is 1. The minimum absolute atomic E-state index is 0.00285. The van der Waals surface area contributed by atoms with E-state index < -0.39 is 0 Å². The van der Waals surface area contributed by atoms with Crippen LogP contribution in [0.15, 0.2) is 67.0 Å². The maximum Gasteiger partial charge on any atom is 0.228 e. The summed E-state index contributed by atoms with van der Waals surface area (Å²) in [5, 5.41) is 16.7. The summed E-state index contributed by atoms with van der Waals surface area (Å²) in [7, 11) is 0. The predicted molar refractivity (Wildman–Crippen MR) is 113 cm³/mol. The van der Waals surface area contributed by atoms with Crippen molar-refractivity contribution >= 4 is 11.6 Å². The SMILES string of the molecule is O=C(Nc1cccc(-n2cccn2)c1)[C@@H]1CCCN(CCc2ccc(O)cc2)C1. The van der Waals surface area contributed by atoms with E-state index in [1.54, 1.807) is 23.0 Å². The molecule has 150 valence electrons. The molecule has 29 heavy (non-hydrogen) atoms. The third kappa shape index (κ3) is 5.03. The number of likely N-dealkylation sites (tertiary alicyclic amines) is 1. The van der Waals surface area contributed by atoms with Gasteiger partial charge in [0.2, 0.25) is 5.91 Å². The van der Waals surface area contributed by atoms with E-state index in [1.165, 1.54) is 5.56 Å². The van der Waals surface area contributed by atoms with E-state index in [9.17, 15) is 9.90 Å². The predicted octanol–water partition coefficient (Wildman–Crippen LogP) is 3.47. The number of nitrogens with zero attached hydrogens (tertiary/aromatic N) is 3. The van der Waals surface area contributed by atoms with Gasteiger partial charge in [-0.1, -0.05) is 18.2 Å². The topological polar surface area (TPSA) is 70.4 Å². The maximum absolute atomic E-state index is 12.8. The van der Waals surface area contributed by atoms with Gasteiger partial charge in [-0.25, -0.2) is 4.68 Å². The van der Waals surface area contributed by atoms with E-state index in [2.05, 4.69) is 15.3 Å². The second-order valence-electron chi connectivity index (χ2n) is 7.55. The Morgan fingerprint density at radius 1 is 1.17 bits per heavy atom. The number of hydrogen-bond donors (Lipinski definition) is 2. The Morgan fingerprint density at radius 3 is 2.83 bits per heavy atom. The first-order valence-corrected chi connectivity index (χ1v) is 10.1. The first-order chi connectivity index (χ1) is 14.2. The Kier molecular flexibility index (Phi) is 5.91. The molecule has 1 amide bonds. The van der Waals surface area contributed by atoms with Crippen LogP contribution >= 0.6 is 0 Å². The minimum atomic E-state index is -0.00285.